The number of hydrogen-bond acceptors (Lipinski definition) is 2. The minimum atomic E-state index is -4.57. The largest absolute Gasteiger partial charge is 0.416 e. The molecule has 0 aliphatic heterocycles. The lowest BCUT2D eigenvalue weighted by atomic mass is 10.2. The van der Waals surface area contributed by atoms with Crippen LogP contribution in [0.3, 0.4) is 0 Å². The molecule has 3 nitrogen and oxygen atoms in total. The third kappa shape index (κ3) is 3.80. The van der Waals surface area contributed by atoms with Crippen LogP contribution in [0.2, 0.25) is 10.0 Å². The highest BCUT2D eigenvalue weighted by Crippen LogP contribution is 2.38. The van der Waals surface area contributed by atoms with E-state index in [1.54, 1.807) is 6.92 Å². The van der Waals surface area contributed by atoms with Crippen LogP contribution in [-0.4, -0.2) is 9.78 Å². The quantitative estimate of drug-likeness (QED) is 0.466. The van der Waals surface area contributed by atoms with E-state index in [4.69, 9.17) is 23.2 Å². The molecule has 2 aromatic rings. The number of halogens is 7. The molecule has 0 amide bonds. The van der Waals surface area contributed by atoms with Crippen molar-refractivity contribution in [2.75, 3.05) is 0 Å². The summed E-state index contributed by atoms with van der Waals surface area (Å²) in [5, 5.41) is 12.8. The van der Waals surface area contributed by atoms with E-state index in [2.05, 4.69) is 37.0 Å². The molecule has 0 unspecified atom stereocenters. The van der Waals surface area contributed by atoms with Crippen molar-refractivity contribution < 1.29 is 13.2 Å². The molecule has 0 N–H and O–H groups in total. The van der Waals surface area contributed by atoms with Gasteiger partial charge < -0.3 is 0 Å². The number of rotatable bonds is 2. The van der Waals surface area contributed by atoms with E-state index in [9.17, 15) is 18.4 Å². The molecule has 126 valence electrons. The number of nitriles is 1. The van der Waals surface area contributed by atoms with E-state index in [1.807, 2.05) is 6.07 Å². The summed E-state index contributed by atoms with van der Waals surface area (Å²) in [7, 11) is 0. The standard InChI is InChI=1S/C14H6Br2Cl2F3N3/c1-6(15)12(16)8-5-24(23-11(8)4-22)13-9(17)2-7(3-10(13)18)14(19,20)21/h2-3,5H,1H3. The lowest BCUT2D eigenvalue weighted by Crippen LogP contribution is -2.07. The maximum atomic E-state index is 12.8. The zero-order chi connectivity index (χ0) is 18.2. The summed E-state index contributed by atoms with van der Waals surface area (Å²) < 4.78 is 40.9. The van der Waals surface area contributed by atoms with Crippen LogP contribution in [-0.2, 0) is 6.18 Å². The molecule has 1 aromatic heterocycles. The van der Waals surface area contributed by atoms with Crippen molar-refractivity contribution in [2.24, 2.45) is 0 Å². The molecule has 0 aliphatic rings. The number of nitrogens with zero attached hydrogens (tertiary/aromatic N) is 3. The molecule has 0 saturated carbocycles. The van der Waals surface area contributed by atoms with Crippen molar-refractivity contribution in [3.8, 4) is 11.8 Å². The van der Waals surface area contributed by atoms with Crippen LogP contribution in [0.1, 0.15) is 23.7 Å². The highest BCUT2D eigenvalue weighted by Gasteiger charge is 2.32. The summed E-state index contributed by atoms with van der Waals surface area (Å²) in [6, 6.07) is 3.43. The highest BCUT2D eigenvalue weighted by molar-refractivity contribution is 9.16. The van der Waals surface area contributed by atoms with Crippen LogP contribution in [0.25, 0.3) is 10.2 Å². The summed E-state index contributed by atoms with van der Waals surface area (Å²) in [6.45, 7) is 1.75. The monoisotopic (exact) mass is 501 g/mol. The van der Waals surface area contributed by atoms with Gasteiger partial charge in [0, 0.05) is 20.7 Å². The van der Waals surface area contributed by atoms with Crippen LogP contribution >= 0.6 is 55.1 Å². The van der Waals surface area contributed by atoms with E-state index in [0.29, 0.717) is 14.5 Å². The number of aromatic nitrogens is 2. The van der Waals surface area contributed by atoms with Crippen molar-refractivity contribution in [3.63, 3.8) is 0 Å². The Hall–Kier alpha value is -1.01. The predicted molar refractivity (Wildman–Crippen MR) is 93.7 cm³/mol. The first kappa shape index (κ1) is 19.3. The SMILES string of the molecule is CC(Br)=C(Br)c1cn(-c2c(Cl)cc(C(F)(F)F)cc2Cl)nc1C#N. The van der Waals surface area contributed by atoms with Crippen molar-refractivity contribution >= 4 is 59.5 Å². The molecule has 0 saturated heterocycles. The lowest BCUT2D eigenvalue weighted by Gasteiger charge is -2.12. The summed E-state index contributed by atoms with van der Waals surface area (Å²) in [5.74, 6) is 0. The summed E-state index contributed by atoms with van der Waals surface area (Å²) in [4.78, 5) is 0. The Morgan fingerprint density at radius 3 is 2.21 bits per heavy atom. The van der Waals surface area contributed by atoms with Crippen LogP contribution in [0.5, 0.6) is 0 Å². The maximum Gasteiger partial charge on any atom is 0.416 e. The first-order valence-electron chi connectivity index (χ1n) is 6.15. The Balaban J connectivity index is 2.67. The van der Waals surface area contributed by atoms with Crippen LogP contribution in [0.4, 0.5) is 13.2 Å². The summed E-state index contributed by atoms with van der Waals surface area (Å²) in [5.41, 5.74) is -0.403. The van der Waals surface area contributed by atoms with Gasteiger partial charge in [-0.2, -0.15) is 23.5 Å². The van der Waals surface area contributed by atoms with Crippen molar-refractivity contribution in [3.05, 3.63) is 49.7 Å². The van der Waals surface area contributed by atoms with Crippen molar-refractivity contribution in [2.45, 2.75) is 13.1 Å². The Bertz CT molecular complexity index is 855. The van der Waals surface area contributed by atoms with Crippen LogP contribution in [0.15, 0.2) is 22.8 Å². The Kier molecular flexibility index (Phi) is 5.70. The van der Waals surface area contributed by atoms with Crippen LogP contribution in [0, 0.1) is 11.3 Å². The van der Waals surface area contributed by atoms with E-state index in [0.717, 1.165) is 12.1 Å². The van der Waals surface area contributed by atoms with E-state index in [1.165, 1.54) is 10.9 Å². The molecule has 0 atom stereocenters. The topological polar surface area (TPSA) is 41.6 Å². The first-order chi connectivity index (χ1) is 11.1. The van der Waals surface area contributed by atoms with Gasteiger partial charge in [0.15, 0.2) is 5.69 Å². The number of hydrogen-bond donors (Lipinski definition) is 0. The predicted octanol–water partition coefficient (Wildman–Crippen LogP) is 6.55. The average molecular weight is 504 g/mol. The molecule has 0 spiro atoms. The van der Waals surface area contributed by atoms with Gasteiger partial charge in [-0.25, -0.2) is 4.68 Å². The molecular formula is C14H6Br2Cl2F3N3. The molecule has 1 aromatic carbocycles. The molecule has 1 heterocycles. The Morgan fingerprint density at radius 2 is 1.79 bits per heavy atom. The van der Waals surface area contributed by atoms with Crippen LogP contribution < -0.4 is 0 Å². The molecule has 0 fully saturated rings. The minimum absolute atomic E-state index is 0.0570. The van der Waals surface area contributed by atoms with E-state index < -0.39 is 11.7 Å². The fourth-order valence-corrected chi connectivity index (χ4v) is 3.03. The molecule has 0 radical (unpaired) electrons. The van der Waals surface area contributed by atoms with Crippen molar-refractivity contribution in [1.82, 2.24) is 9.78 Å². The van der Waals surface area contributed by atoms with Gasteiger partial charge in [-0.3, -0.25) is 0 Å². The average Bonchev–Trinajstić information content (AvgIpc) is 2.88. The summed E-state index contributed by atoms with van der Waals surface area (Å²) in [6.07, 6.45) is -3.12. The fourth-order valence-electron chi connectivity index (χ4n) is 1.87. The zero-order valence-corrected chi connectivity index (χ0v) is 16.4. The van der Waals surface area contributed by atoms with Gasteiger partial charge in [-0.05, 0) is 35.0 Å². The van der Waals surface area contributed by atoms with E-state index in [-0.39, 0.29) is 21.4 Å². The van der Waals surface area contributed by atoms with Gasteiger partial charge >= 0.3 is 6.18 Å². The lowest BCUT2D eigenvalue weighted by molar-refractivity contribution is -0.137. The molecule has 0 bridgehead atoms. The Labute approximate surface area is 161 Å². The second kappa shape index (κ2) is 7.08. The molecule has 2 rings (SSSR count). The van der Waals surface area contributed by atoms with Gasteiger partial charge in [0.25, 0.3) is 0 Å². The first-order valence-corrected chi connectivity index (χ1v) is 8.49. The molecule has 0 aliphatic carbocycles. The van der Waals surface area contributed by atoms with Crippen molar-refractivity contribution in [1.29, 1.82) is 5.26 Å². The number of allylic oxidation sites excluding steroid dienone is 1. The second-order valence-corrected chi connectivity index (χ2v) is 7.38. The zero-order valence-electron chi connectivity index (χ0n) is 11.7. The maximum absolute atomic E-state index is 12.8. The van der Waals surface area contributed by atoms with Gasteiger partial charge in [-0.1, -0.05) is 39.1 Å². The second-order valence-electron chi connectivity index (χ2n) is 4.58. The fraction of sp³-hybridized carbons (Fsp3) is 0.143. The third-order valence-corrected chi connectivity index (χ3v) is 5.46. The number of benzene rings is 1. The smallest absolute Gasteiger partial charge is 0.236 e. The van der Waals surface area contributed by atoms with Gasteiger partial charge in [0.1, 0.15) is 11.8 Å². The third-order valence-electron chi connectivity index (χ3n) is 2.93. The normalized spacial score (nSPS) is 12.8. The summed E-state index contributed by atoms with van der Waals surface area (Å²) >= 11 is 18.5. The van der Waals surface area contributed by atoms with Gasteiger partial charge in [-0.15, -0.1) is 0 Å². The van der Waals surface area contributed by atoms with E-state index >= 15 is 0 Å². The van der Waals surface area contributed by atoms with Gasteiger partial charge in [0.2, 0.25) is 0 Å². The number of alkyl halides is 3. The molecule has 10 heteroatoms. The molecular weight excluding hydrogens is 498 g/mol. The Morgan fingerprint density at radius 1 is 1.25 bits per heavy atom. The van der Waals surface area contributed by atoms with Gasteiger partial charge in [0.05, 0.1) is 15.6 Å². The minimum Gasteiger partial charge on any atom is -0.236 e. The highest BCUT2D eigenvalue weighted by atomic mass is 79.9. The molecule has 24 heavy (non-hydrogen) atoms.